The number of aryl methyl sites for hydroxylation is 2. The molecule has 0 aliphatic carbocycles. The van der Waals surface area contributed by atoms with E-state index in [0.29, 0.717) is 46.6 Å². The van der Waals surface area contributed by atoms with Crippen molar-refractivity contribution in [2.24, 2.45) is 0 Å². The summed E-state index contributed by atoms with van der Waals surface area (Å²) in [4.78, 5) is 59.5. The number of hydrogen-bond donors (Lipinski definition) is 0. The fourth-order valence-electron chi connectivity index (χ4n) is 20.7. The van der Waals surface area contributed by atoms with E-state index in [0.717, 1.165) is 217 Å². The van der Waals surface area contributed by atoms with E-state index in [-0.39, 0.29) is 0 Å². The van der Waals surface area contributed by atoms with E-state index in [1.54, 1.807) is 0 Å². The molecule has 0 aliphatic rings. The Balaban J connectivity index is 0.000000154. The van der Waals surface area contributed by atoms with Crippen LogP contribution in [0.25, 0.3) is 263 Å². The number of nitrogens with zero attached hydrogens (tertiary/aromatic N) is 14. The van der Waals surface area contributed by atoms with Crippen molar-refractivity contribution < 1.29 is 0 Å². The molecule has 0 saturated heterocycles. The summed E-state index contributed by atoms with van der Waals surface area (Å²) in [5.74, 6) is 4.42. The van der Waals surface area contributed by atoms with Gasteiger partial charge in [-0.25, -0.2) is 54.8 Å². The Morgan fingerprint density at radius 2 is 0.430 bits per heavy atom. The van der Waals surface area contributed by atoms with Crippen molar-refractivity contribution >= 4 is 65.4 Å². The lowest BCUT2D eigenvalue weighted by atomic mass is 9.99. The van der Waals surface area contributed by atoms with Gasteiger partial charge in [0, 0.05) is 105 Å². The first-order chi connectivity index (χ1) is 73.7. The van der Waals surface area contributed by atoms with Gasteiger partial charge in [0.1, 0.15) is 0 Å². The van der Waals surface area contributed by atoms with Gasteiger partial charge in [-0.1, -0.05) is 412 Å². The molecular formula is C135H90N14. The number of fused-ring (bicyclic) bond motifs is 9. The molecule has 19 aromatic carbocycles. The van der Waals surface area contributed by atoms with Gasteiger partial charge in [-0.3, -0.25) is 0 Å². The van der Waals surface area contributed by atoms with Gasteiger partial charge in [0.2, 0.25) is 0 Å². The largest absolute Gasteiger partial charge is 0.308 e. The highest BCUT2D eigenvalue weighted by atomic mass is 15.1. The molecule has 27 aromatic rings. The Hall–Kier alpha value is -20.1. The lowest BCUT2D eigenvalue weighted by Crippen LogP contribution is -2.09. The van der Waals surface area contributed by atoms with Crippen LogP contribution in [-0.2, 0) is 0 Å². The first-order valence-corrected chi connectivity index (χ1v) is 50.0. The third-order valence-corrected chi connectivity index (χ3v) is 27.8. The van der Waals surface area contributed by atoms with Crippen molar-refractivity contribution in [3.05, 3.63) is 521 Å². The van der Waals surface area contributed by atoms with E-state index < -0.39 is 0 Å². The van der Waals surface area contributed by atoms with E-state index >= 15 is 0 Å². The van der Waals surface area contributed by atoms with Crippen molar-refractivity contribution in [3.63, 3.8) is 0 Å². The summed E-state index contributed by atoms with van der Waals surface area (Å²) >= 11 is 0. The number of aromatic nitrogens is 14. The summed E-state index contributed by atoms with van der Waals surface area (Å²) < 4.78 is 7.19. The van der Waals surface area contributed by atoms with E-state index in [4.69, 9.17) is 54.8 Å². The normalized spacial score (nSPS) is 11.4. The average molecular weight is 1910 g/mol. The maximum absolute atomic E-state index is 5.77. The zero-order valence-electron chi connectivity index (χ0n) is 81.3. The van der Waals surface area contributed by atoms with E-state index in [9.17, 15) is 0 Å². The predicted octanol–water partition coefficient (Wildman–Crippen LogP) is 33.3. The van der Waals surface area contributed by atoms with E-state index in [1.807, 2.05) is 158 Å². The fraction of sp³-hybridized carbons (Fsp3) is 0.0148. The highest BCUT2D eigenvalue weighted by Gasteiger charge is 2.32. The minimum atomic E-state index is 0.516. The first kappa shape index (κ1) is 89.0. The number of hydrogen-bond acceptors (Lipinski definition) is 11. The summed E-state index contributed by atoms with van der Waals surface area (Å²) in [6, 6.07) is 177. The number of para-hydroxylation sites is 2. The molecule has 0 aliphatic heterocycles. The van der Waals surface area contributed by atoms with Gasteiger partial charge in [-0.05, 0) is 145 Å². The molecule has 8 aromatic heterocycles. The van der Waals surface area contributed by atoms with Crippen LogP contribution < -0.4 is 0 Å². The topological polar surface area (TPSA) is 157 Å². The van der Waals surface area contributed by atoms with E-state index in [1.165, 1.54) is 11.1 Å². The van der Waals surface area contributed by atoms with Crippen molar-refractivity contribution in [2.45, 2.75) is 13.8 Å². The van der Waals surface area contributed by atoms with Crippen LogP contribution in [0.15, 0.2) is 510 Å². The molecule has 0 spiro atoms. The summed E-state index contributed by atoms with van der Waals surface area (Å²) in [6.45, 7) is 4.34. The van der Waals surface area contributed by atoms with E-state index in [2.05, 4.69) is 379 Å². The van der Waals surface area contributed by atoms with Crippen LogP contribution in [-0.4, -0.2) is 68.5 Å². The predicted molar refractivity (Wildman–Crippen MR) is 608 cm³/mol. The Morgan fingerprint density at radius 3 is 0.832 bits per heavy atom. The molecule has 700 valence electrons. The van der Waals surface area contributed by atoms with Gasteiger partial charge < -0.3 is 13.7 Å². The molecule has 0 bridgehead atoms. The van der Waals surface area contributed by atoms with Gasteiger partial charge in [-0.15, -0.1) is 0 Å². The van der Waals surface area contributed by atoms with Crippen molar-refractivity contribution in [1.29, 1.82) is 0 Å². The van der Waals surface area contributed by atoms with Crippen LogP contribution in [0.3, 0.4) is 0 Å². The summed E-state index contributed by atoms with van der Waals surface area (Å²) in [5, 5.41) is 6.71. The average Bonchev–Trinajstić information content (AvgIpc) is 1.58. The lowest BCUT2D eigenvalue weighted by molar-refractivity contribution is 1.05. The highest BCUT2D eigenvalue weighted by Crippen LogP contribution is 2.50. The second-order valence-corrected chi connectivity index (χ2v) is 37.3. The maximum atomic E-state index is 5.77. The Labute approximate surface area is 860 Å². The highest BCUT2D eigenvalue weighted by molar-refractivity contribution is 6.15. The van der Waals surface area contributed by atoms with Gasteiger partial charge in [0.25, 0.3) is 0 Å². The second kappa shape index (κ2) is 38.6. The number of pyridine rings is 1. The summed E-state index contributed by atoms with van der Waals surface area (Å²) in [6.07, 6.45) is 0. The van der Waals surface area contributed by atoms with Crippen molar-refractivity contribution in [2.75, 3.05) is 0 Å². The van der Waals surface area contributed by atoms with Gasteiger partial charge in [0.15, 0.2) is 46.6 Å². The molecule has 0 atom stereocenters. The van der Waals surface area contributed by atoms with Gasteiger partial charge in [-0.2, -0.15) is 0 Å². The third-order valence-electron chi connectivity index (χ3n) is 27.8. The number of rotatable bonds is 19. The van der Waals surface area contributed by atoms with Crippen LogP contribution in [0.2, 0.25) is 0 Å². The van der Waals surface area contributed by atoms with Crippen molar-refractivity contribution in [1.82, 2.24) is 68.5 Å². The molecule has 14 heteroatoms. The zero-order valence-corrected chi connectivity index (χ0v) is 81.3. The summed E-state index contributed by atoms with van der Waals surface area (Å²) in [7, 11) is 0. The quantitative estimate of drug-likeness (QED) is 0.0759. The Kier molecular flexibility index (Phi) is 23.1. The Bertz CT molecular complexity index is 9210. The molecule has 149 heavy (non-hydrogen) atoms. The fourth-order valence-corrected chi connectivity index (χ4v) is 20.7. The van der Waals surface area contributed by atoms with Gasteiger partial charge >= 0.3 is 0 Å². The molecular weight excluding hydrogens is 1820 g/mol. The monoisotopic (exact) mass is 1910 g/mol. The van der Waals surface area contributed by atoms with Gasteiger partial charge in [0.05, 0.1) is 89.9 Å². The second-order valence-electron chi connectivity index (χ2n) is 37.3. The molecule has 0 saturated carbocycles. The molecule has 0 N–H and O–H groups in total. The molecule has 0 unspecified atom stereocenters. The summed E-state index contributed by atoms with van der Waals surface area (Å²) in [5.41, 5.74) is 33.3. The Morgan fingerprint density at radius 1 is 0.141 bits per heavy atom. The van der Waals surface area contributed by atoms with Crippen LogP contribution in [0.4, 0.5) is 0 Å². The minimum Gasteiger partial charge on any atom is -0.308 e. The molecule has 0 amide bonds. The van der Waals surface area contributed by atoms with Crippen molar-refractivity contribution in [3.8, 4) is 198 Å². The molecule has 27 rings (SSSR count). The minimum absolute atomic E-state index is 0.516. The molecule has 0 fully saturated rings. The maximum Gasteiger partial charge on any atom is 0.166 e. The van der Waals surface area contributed by atoms with Crippen LogP contribution in [0.1, 0.15) is 11.1 Å². The lowest BCUT2D eigenvalue weighted by Gasteiger charge is -2.23. The molecule has 0 radical (unpaired) electrons. The SMILES string of the molecule is Cc1ccc2c(c1)c1cc(C)ccc1n2-c1c(-c2nc(-c3ccccc3)cc(-c3ccccc3)n2)ccc(-n2c3ccccc3c3ccc(-c4cccc(-c5ccccc5)n4)cc32)c1-c1nc(-c2ccccc2)cc(-c2ccccc2)n1.c1ccc(-c2ccc3c(c2)c2cc(-c4ccccc4)ccc2n3-c2c(-c3nc(-c4ccccc4)nc(-c4ccccc4)n3)cccc2-c2nc(-c3ccccc3)nc(-c3ccccc3)n2)cc1. The number of benzene rings is 19. The molecule has 14 nitrogen and oxygen atoms in total. The third kappa shape index (κ3) is 17.0. The molecule has 8 heterocycles. The zero-order chi connectivity index (χ0) is 99.2. The smallest absolute Gasteiger partial charge is 0.166 e. The standard InChI is InChI=1S/C75H51N7.C60H39N7/c1-48-35-40-68-59(43-48)60-44-49(2)36-41-69(60)82(68)73-58(74-77-63(51-23-10-4-11-24-51)46-64(78-74)52-25-12-5-13-26-52)39-42-70(72(73)75-79-65(53-27-14-6-15-28-53)47-66(80-75)54-29-16-7-17-30-54)81-67-34-19-18-31-56(67)57-38-37-55(45-71(57)81)62-33-20-32-61(76-62)50-21-8-3-9-22-50;1-7-20-40(21-8-1)46-34-36-52-50(38-46)51-39-47(41-22-9-2-10-23-41)35-37-53(51)67(52)54-48(59-63-55(42-24-11-3-12-25-42)61-56(64-59)43-26-13-4-14-27-43)32-19-33-49(54)60-65-57(44-28-15-5-16-29-44)62-58(66-60)45-30-17-6-18-31-45/h3-47H,1-2H3;1-39H. The van der Waals surface area contributed by atoms with Crippen LogP contribution in [0, 0.1) is 13.8 Å². The van der Waals surface area contributed by atoms with Crippen LogP contribution >= 0.6 is 0 Å². The first-order valence-electron chi connectivity index (χ1n) is 50.0. The van der Waals surface area contributed by atoms with Crippen LogP contribution in [0.5, 0.6) is 0 Å².